The molecule has 0 radical (unpaired) electrons. The Labute approximate surface area is 114 Å². The Morgan fingerprint density at radius 2 is 1.94 bits per heavy atom. The molecule has 0 saturated carbocycles. The molecule has 0 bridgehead atoms. The van der Waals surface area contributed by atoms with Gasteiger partial charge in [0.15, 0.2) is 5.08 Å². The fourth-order valence-electron chi connectivity index (χ4n) is 1.06. The highest BCUT2D eigenvalue weighted by Gasteiger charge is 2.23. The van der Waals surface area contributed by atoms with E-state index in [2.05, 4.69) is 0 Å². The van der Waals surface area contributed by atoms with Gasteiger partial charge in [-0.25, -0.2) is 22.0 Å². The molecule has 0 aliphatic heterocycles. The first-order valence-corrected chi connectivity index (χ1v) is 9.98. The molecule has 104 valence electrons. The van der Waals surface area contributed by atoms with Gasteiger partial charge in [-0.2, -0.15) is 0 Å². The van der Waals surface area contributed by atoms with Crippen molar-refractivity contribution in [2.75, 3.05) is 17.4 Å². The second kappa shape index (κ2) is 6.35. The van der Waals surface area contributed by atoms with Crippen LogP contribution in [0.25, 0.3) is 0 Å². The van der Waals surface area contributed by atoms with E-state index in [4.69, 9.17) is 10.2 Å². The van der Waals surface area contributed by atoms with Crippen LogP contribution in [0, 0.1) is 0 Å². The maximum absolute atomic E-state index is 11.7. The lowest BCUT2D eigenvalue weighted by molar-refractivity contribution is 0.296. The number of aliphatic hydroxyl groups is 1. The van der Waals surface area contributed by atoms with E-state index in [9.17, 15) is 16.8 Å². The van der Waals surface area contributed by atoms with Crippen molar-refractivity contribution >= 4 is 43.0 Å². The molecule has 0 fully saturated rings. The number of sulfonamides is 1. The Hall–Kier alpha value is -0.130. The molecule has 1 aromatic heterocycles. The van der Waals surface area contributed by atoms with Gasteiger partial charge in [-0.15, -0.1) is 23.1 Å². The van der Waals surface area contributed by atoms with Crippen LogP contribution in [-0.4, -0.2) is 39.4 Å². The fraction of sp³-hybridized carbons (Fsp3) is 0.500. The van der Waals surface area contributed by atoms with Gasteiger partial charge < -0.3 is 5.11 Å². The lowest BCUT2D eigenvalue weighted by Gasteiger charge is -1.99. The molecule has 1 heterocycles. The summed E-state index contributed by atoms with van der Waals surface area (Å²) in [4.78, 5) is 0. The maximum atomic E-state index is 11.7. The highest BCUT2D eigenvalue weighted by Crippen LogP contribution is 2.31. The average Bonchev–Trinajstić information content (AvgIpc) is 2.63. The normalized spacial score (nSPS) is 12.8. The zero-order valence-electron chi connectivity index (χ0n) is 9.27. The smallest absolute Gasteiger partial charge is 0.223 e. The molecular weight excluding hydrogens is 318 g/mol. The molecule has 0 unspecified atom stereocenters. The van der Waals surface area contributed by atoms with Gasteiger partial charge in [-0.05, 0) is 18.6 Å². The third-order valence-electron chi connectivity index (χ3n) is 1.73. The predicted molar refractivity (Wildman–Crippen MR) is 71.9 cm³/mol. The van der Waals surface area contributed by atoms with E-state index >= 15 is 0 Å². The summed E-state index contributed by atoms with van der Waals surface area (Å²) >= 11 is 2.42. The van der Waals surface area contributed by atoms with Crippen molar-refractivity contribution in [3.63, 3.8) is 0 Å². The van der Waals surface area contributed by atoms with Crippen molar-refractivity contribution in [2.45, 2.75) is 14.8 Å². The lowest BCUT2D eigenvalue weighted by Crippen LogP contribution is -2.22. The van der Waals surface area contributed by atoms with Crippen LogP contribution in [0.1, 0.15) is 6.42 Å². The minimum Gasteiger partial charge on any atom is -0.396 e. The highest BCUT2D eigenvalue weighted by atomic mass is 32.3. The summed E-state index contributed by atoms with van der Waals surface area (Å²) in [6.07, 6.45) is 0.613. The van der Waals surface area contributed by atoms with Crippen LogP contribution in [-0.2, 0) is 19.9 Å². The summed E-state index contributed by atoms with van der Waals surface area (Å²) in [6, 6.07) is 2.98. The Morgan fingerprint density at radius 1 is 1.28 bits per heavy atom. The molecule has 0 saturated heterocycles. The molecule has 0 spiro atoms. The number of primary sulfonamides is 1. The van der Waals surface area contributed by atoms with E-state index in [1.165, 1.54) is 17.8 Å². The summed E-state index contributed by atoms with van der Waals surface area (Å²) in [7, 11) is -7.95. The Balaban J connectivity index is 2.79. The number of aliphatic hydroxyl groups excluding tert-OH is 1. The number of hydrogen-bond donors (Lipinski definition) is 2. The van der Waals surface area contributed by atoms with Crippen LogP contribution in [0.5, 0.6) is 0 Å². The number of sulfone groups is 1. The highest BCUT2D eigenvalue weighted by molar-refractivity contribution is 8.08. The number of nitrogens with two attached hydrogens (primary N) is 1. The number of thioether (sulfide) groups is 1. The van der Waals surface area contributed by atoms with Gasteiger partial charge >= 0.3 is 0 Å². The first-order chi connectivity index (χ1) is 8.24. The largest absolute Gasteiger partial charge is 0.396 e. The van der Waals surface area contributed by atoms with Crippen molar-refractivity contribution in [1.29, 1.82) is 0 Å². The van der Waals surface area contributed by atoms with Crippen LogP contribution >= 0.6 is 23.1 Å². The second-order valence-corrected chi connectivity index (χ2v) is 10.1. The molecule has 1 rings (SSSR count). The Kier molecular flexibility index (Phi) is 5.62. The molecule has 0 atom stereocenters. The summed E-state index contributed by atoms with van der Waals surface area (Å²) in [5, 5.41) is 12.3. The first kappa shape index (κ1) is 15.9. The molecule has 0 aliphatic carbocycles. The third-order valence-corrected chi connectivity index (χ3v) is 8.24. The molecule has 0 aromatic carbocycles. The zero-order chi connectivity index (χ0) is 13.8. The molecule has 1 aromatic rings. The van der Waals surface area contributed by atoms with Crippen molar-refractivity contribution in [2.24, 2.45) is 5.14 Å². The van der Waals surface area contributed by atoms with E-state index < -0.39 is 24.9 Å². The molecule has 6 nitrogen and oxygen atoms in total. The third kappa shape index (κ3) is 5.24. The molecule has 0 amide bonds. The molecule has 0 aliphatic rings. The summed E-state index contributed by atoms with van der Waals surface area (Å²) in [5.41, 5.74) is 0. The molecule has 10 heteroatoms. The van der Waals surface area contributed by atoms with Crippen LogP contribution in [0.2, 0.25) is 0 Å². The lowest BCUT2D eigenvalue weighted by atomic mass is 10.5. The van der Waals surface area contributed by atoms with Gasteiger partial charge in [0.2, 0.25) is 19.9 Å². The van der Waals surface area contributed by atoms with Gasteiger partial charge in [0, 0.05) is 12.4 Å². The standard InChI is InChI=1S/C8H13NO5S4/c9-18(13,14)6-17(11,12)8-3-2-7(16-8)15-5-1-4-10/h2-3,10H,1,4-6H2,(H2,9,13,14). The van der Waals surface area contributed by atoms with E-state index in [0.29, 0.717) is 12.2 Å². The number of thiophene rings is 1. The zero-order valence-corrected chi connectivity index (χ0v) is 12.5. The van der Waals surface area contributed by atoms with Gasteiger partial charge in [-0.3, -0.25) is 0 Å². The van der Waals surface area contributed by atoms with Crippen molar-refractivity contribution in [3.8, 4) is 0 Å². The fourth-order valence-corrected chi connectivity index (χ4v) is 6.76. The predicted octanol–water partition coefficient (Wildman–Crippen LogP) is 0.242. The van der Waals surface area contributed by atoms with Crippen molar-refractivity contribution in [1.82, 2.24) is 0 Å². The SMILES string of the molecule is NS(=O)(=O)CS(=O)(=O)c1ccc(SCCCO)s1. The van der Waals surface area contributed by atoms with Gasteiger partial charge in [-0.1, -0.05) is 0 Å². The summed E-state index contributed by atoms with van der Waals surface area (Å²) in [5.74, 6) is 0.672. The van der Waals surface area contributed by atoms with E-state index in [1.54, 1.807) is 6.07 Å². The van der Waals surface area contributed by atoms with Crippen LogP contribution in [0.15, 0.2) is 20.6 Å². The minimum absolute atomic E-state index is 0.0111. The molecule has 18 heavy (non-hydrogen) atoms. The monoisotopic (exact) mass is 331 g/mol. The maximum Gasteiger partial charge on any atom is 0.223 e. The van der Waals surface area contributed by atoms with Gasteiger partial charge in [0.25, 0.3) is 0 Å². The summed E-state index contributed by atoms with van der Waals surface area (Å²) in [6.45, 7) is 0.0783. The topological polar surface area (TPSA) is 115 Å². The minimum atomic E-state index is -4.06. The van der Waals surface area contributed by atoms with Crippen LogP contribution in [0.3, 0.4) is 0 Å². The van der Waals surface area contributed by atoms with E-state index in [1.807, 2.05) is 0 Å². The van der Waals surface area contributed by atoms with Gasteiger partial charge in [0.1, 0.15) is 4.21 Å². The second-order valence-electron chi connectivity index (χ2n) is 3.39. The number of hydrogen-bond acceptors (Lipinski definition) is 7. The average molecular weight is 331 g/mol. The van der Waals surface area contributed by atoms with Crippen LogP contribution < -0.4 is 5.14 Å². The molecule has 3 N–H and O–H groups in total. The molecular formula is C8H13NO5S4. The number of rotatable bonds is 7. The summed E-state index contributed by atoms with van der Waals surface area (Å²) < 4.78 is 45.8. The van der Waals surface area contributed by atoms with Crippen molar-refractivity contribution in [3.05, 3.63) is 12.1 Å². The Morgan fingerprint density at radius 3 is 2.50 bits per heavy atom. The quantitative estimate of drug-likeness (QED) is 0.546. The van der Waals surface area contributed by atoms with E-state index in [0.717, 1.165) is 15.5 Å². The van der Waals surface area contributed by atoms with E-state index in [-0.39, 0.29) is 10.8 Å². The van der Waals surface area contributed by atoms with Gasteiger partial charge in [0.05, 0.1) is 4.21 Å². The first-order valence-electron chi connectivity index (χ1n) is 4.81. The Bertz CT molecular complexity index is 589. The van der Waals surface area contributed by atoms with Crippen molar-refractivity contribution < 1.29 is 21.9 Å². The van der Waals surface area contributed by atoms with Crippen LogP contribution in [0.4, 0.5) is 0 Å².